The molecule has 3 N–H and O–H groups in total. The van der Waals surface area contributed by atoms with E-state index in [1.165, 1.54) is 0 Å². The van der Waals surface area contributed by atoms with Crippen molar-refractivity contribution in [2.45, 2.75) is 0 Å². The normalized spacial score (nSPS) is 8.29. The third kappa shape index (κ3) is 5.78. The van der Waals surface area contributed by atoms with Crippen LogP contribution < -0.4 is 11.1 Å². The molecule has 0 fully saturated rings. The molecule has 0 spiro atoms. The molecule has 0 unspecified atom stereocenters. The number of hydrogen-bond donors (Lipinski definition) is 3. The maximum Gasteiger partial charge on any atom is 0.276 e. The average Bonchev–Trinajstić information content (AvgIpc) is 1.61. The smallest absolute Gasteiger partial charge is 0.276 e. The Kier molecular flexibility index (Phi) is 3.83. The maximum atomic E-state index is 9.90. The highest BCUT2D eigenvalue weighted by atomic mass is 32.1. The van der Waals surface area contributed by atoms with Crippen molar-refractivity contribution in [3.63, 3.8) is 0 Å². The van der Waals surface area contributed by atoms with E-state index in [9.17, 15) is 4.79 Å². The molecule has 0 rings (SSSR count). The van der Waals surface area contributed by atoms with Crippen molar-refractivity contribution in [1.82, 2.24) is 5.32 Å². The van der Waals surface area contributed by atoms with Crippen molar-refractivity contribution >= 4 is 17.9 Å². The second kappa shape index (κ2) is 3.95. The third-order valence-electron chi connectivity index (χ3n) is 0.421. The Labute approximate surface area is 47.7 Å². The molecular weight excluding hydrogens is 112 g/mol. The van der Waals surface area contributed by atoms with Crippen LogP contribution in [-0.2, 0) is 0 Å². The first kappa shape index (κ1) is 6.78. The highest BCUT2D eigenvalue weighted by Gasteiger charge is 1.84. The molecule has 0 aromatic carbocycles. The maximum absolute atomic E-state index is 9.90. The molecule has 0 saturated heterocycles. The zero-order chi connectivity index (χ0) is 5.70. The summed E-state index contributed by atoms with van der Waals surface area (Å²) in [5.74, 6) is 0. The van der Waals surface area contributed by atoms with E-state index in [0.717, 1.165) is 0 Å². The Morgan fingerprint density at radius 1 is 1.86 bits per heavy atom. The summed E-state index contributed by atoms with van der Waals surface area (Å²) in [6, 6.07) is 0. The van der Waals surface area contributed by atoms with Gasteiger partial charge in [-0.3, -0.25) is 4.79 Å². The minimum atomic E-state index is -0.328. The number of nitrogens with one attached hydrogen (secondary N) is 1. The van der Waals surface area contributed by atoms with Crippen LogP contribution >= 0.6 is 12.6 Å². The highest BCUT2D eigenvalue weighted by molar-refractivity contribution is 7.96. The second-order valence-electron chi connectivity index (χ2n) is 1.02. The van der Waals surface area contributed by atoms with E-state index in [1.54, 1.807) is 0 Å². The molecule has 0 radical (unpaired) electrons. The van der Waals surface area contributed by atoms with Crippen molar-refractivity contribution in [1.29, 1.82) is 0 Å². The minimum absolute atomic E-state index is 0.328. The number of hydrogen-bond acceptors (Lipinski definition) is 2. The summed E-state index contributed by atoms with van der Waals surface area (Å²) in [5, 5.41) is 2.07. The lowest BCUT2D eigenvalue weighted by Crippen LogP contribution is -2.24. The molecule has 0 aromatic rings. The van der Waals surface area contributed by atoms with Crippen molar-refractivity contribution in [2.24, 2.45) is 5.73 Å². The standard InChI is InChI=1S/C3H8N2OS/c4-1-2-5-3(6)7/h1-2,4H2,(H2,5,6,7). The molecule has 0 aromatic heterocycles. The lowest BCUT2D eigenvalue weighted by molar-refractivity contribution is 0.261. The van der Waals surface area contributed by atoms with Crippen LogP contribution in [0.1, 0.15) is 0 Å². The molecular formula is C3H8N2OS. The first-order chi connectivity index (χ1) is 3.27. The van der Waals surface area contributed by atoms with Gasteiger partial charge in [-0.15, -0.1) is 0 Å². The van der Waals surface area contributed by atoms with Crippen LogP contribution in [0.25, 0.3) is 0 Å². The number of rotatable bonds is 2. The summed E-state index contributed by atoms with van der Waals surface area (Å²) < 4.78 is 0. The molecule has 0 heterocycles. The van der Waals surface area contributed by atoms with Gasteiger partial charge in [-0.1, -0.05) is 12.6 Å². The number of thiol groups is 1. The molecule has 3 nitrogen and oxygen atoms in total. The zero-order valence-electron chi connectivity index (χ0n) is 3.85. The molecule has 0 atom stereocenters. The van der Waals surface area contributed by atoms with Crippen LogP contribution in [0.15, 0.2) is 0 Å². The summed E-state index contributed by atoms with van der Waals surface area (Å²) in [7, 11) is 0. The predicted octanol–water partition coefficient (Wildman–Crippen LogP) is -0.416. The van der Waals surface area contributed by atoms with Gasteiger partial charge in [-0.2, -0.15) is 0 Å². The van der Waals surface area contributed by atoms with Gasteiger partial charge in [0.15, 0.2) is 0 Å². The van der Waals surface area contributed by atoms with Crippen molar-refractivity contribution < 1.29 is 4.79 Å². The minimum Gasteiger partial charge on any atom is -0.346 e. The van der Waals surface area contributed by atoms with Gasteiger partial charge in [0.2, 0.25) is 0 Å². The van der Waals surface area contributed by atoms with Crippen LogP contribution in [-0.4, -0.2) is 18.3 Å². The first-order valence-corrected chi connectivity index (χ1v) is 2.39. The van der Waals surface area contributed by atoms with Gasteiger partial charge in [-0.25, -0.2) is 0 Å². The van der Waals surface area contributed by atoms with E-state index in [2.05, 4.69) is 17.9 Å². The van der Waals surface area contributed by atoms with Crippen molar-refractivity contribution in [3.05, 3.63) is 0 Å². The highest BCUT2D eigenvalue weighted by Crippen LogP contribution is 1.70. The topological polar surface area (TPSA) is 55.1 Å². The molecule has 1 amide bonds. The van der Waals surface area contributed by atoms with E-state index in [0.29, 0.717) is 13.1 Å². The first-order valence-electron chi connectivity index (χ1n) is 1.94. The van der Waals surface area contributed by atoms with Gasteiger partial charge in [0.05, 0.1) is 0 Å². The summed E-state index contributed by atoms with van der Waals surface area (Å²) in [5.41, 5.74) is 5.03. The fourth-order valence-corrected chi connectivity index (χ4v) is 0.291. The third-order valence-corrected chi connectivity index (χ3v) is 0.579. The second-order valence-corrected chi connectivity index (χ2v) is 1.43. The summed E-state index contributed by atoms with van der Waals surface area (Å²) >= 11 is 3.43. The van der Waals surface area contributed by atoms with Crippen LogP contribution in [0.5, 0.6) is 0 Å². The molecule has 0 bridgehead atoms. The molecule has 42 valence electrons. The summed E-state index contributed by atoms with van der Waals surface area (Å²) in [6.45, 7) is 0.967. The van der Waals surface area contributed by atoms with E-state index in [4.69, 9.17) is 5.73 Å². The Morgan fingerprint density at radius 2 is 2.43 bits per heavy atom. The lowest BCUT2D eigenvalue weighted by atomic mass is 10.7. The van der Waals surface area contributed by atoms with E-state index in [1.807, 2.05) is 0 Å². The molecule has 0 aliphatic rings. The molecule has 0 aliphatic carbocycles. The van der Waals surface area contributed by atoms with Crippen LogP contribution in [0.2, 0.25) is 0 Å². The Balaban J connectivity index is 2.82. The average molecular weight is 120 g/mol. The number of carbonyl (C=O) groups is 1. The van der Waals surface area contributed by atoms with E-state index >= 15 is 0 Å². The molecule has 7 heavy (non-hydrogen) atoms. The molecule has 0 aliphatic heterocycles. The zero-order valence-corrected chi connectivity index (χ0v) is 4.74. The number of carbonyl (C=O) groups excluding carboxylic acids is 1. The SMILES string of the molecule is NCCNC(=O)S. The Morgan fingerprint density at radius 3 is 2.57 bits per heavy atom. The van der Waals surface area contributed by atoms with Crippen LogP contribution in [0, 0.1) is 0 Å². The number of nitrogens with two attached hydrogens (primary N) is 1. The summed E-state index contributed by atoms with van der Waals surface area (Å²) in [4.78, 5) is 9.90. The van der Waals surface area contributed by atoms with E-state index in [-0.39, 0.29) is 5.24 Å². The van der Waals surface area contributed by atoms with Crippen molar-refractivity contribution in [2.75, 3.05) is 13.1 Å². The van der Waals surface area contributed by atoms with E-state index < -0.39 is 0 Å². The Hall–Kier alpha value is -0.220. The molecule has 4 heteroatoms. The van der Waals surface area contributed by atoms with Gasteiger partial charge in [0.25, 0.3) is 5.24 Å². The lowest BCUT2D eigenvalue weighted by Gasteiger charge is -1.92. The van der Waals surface area contributed by atoms with Crippen LogP contribution in [0.4, 0.5) is 4.79 Å². The van der Waals surface area contributed by atoms with Gasteiger partial charge in [-0.05, 0) is 0 Å². The van der Waals surface area contributed by atoms with Crippen LogP contribution in [0.3, 0.4) is 0 Å². The fourth-order valence-electron chi connectivity index (χ4n) is 0.179. The predicted molar refractivity (Wildman–Crippen MR) is 31.4 cm³/mol. The number of amides is 1. The fraction of sp³-hybridized carbons (Fsp3) is 0.667. The monoisotopic (exact) mass is 120 g/mol. The molecule has 0 saturated carbocycles. The van der Waals surface area contributed by atoms with Gasteiger partial charge < -0.3 is 11.1 Å². The van der Waals surface area contributed by atoms with Gasteiger partial charge in [0.1, 0.15) is 0 Å². The quantitative estimate of drug-likeness (QED) is 0.434. The Bertz CT molecular complexity index is 66.0. The van der Waals surface area contributed by atoms with Crippen molar-refractivity contribution in [3.8, 4) is 0 Å². The van der Waals surface area contributed by atoms with Gasteiger partial charge >= 0.3 is 0 Å². The van der Waals surface area contributed by atoms with Gasteiger partial charge in [0, 0.05) is 13.1 Å². The largest absolute Gasteiger partial charge is 0.346 e. The summed E-state index contributed by atoms with van der Waals surface area (Å²) in [6.07, 6.45) is 0.